The Morgan fingerprint density at radius 2 is 2.11 bits per heavy atom. The molecule has 106 valence electrons. The Bertz CT molecular complexity index is 282. The zero-order chi connectivity index (χ0) is 14.2. The van der Waals surface area contributed by atoms with Gasteiger partial charge in [0.05, 0.1) is 12.9 Å². The molecule has 0 aromatic rings. The summed E-state index contributed by atoms with van der Waals surface area (Å²) in [6.45, 7) is 6.30. The molecule has 2 unspecified atom stereocenters. The molecule has 0 bridgehead atoms. The van der Waals surface area contributed by atoms with Gasteiger partial charge in [0.25, 0.3) is 0 Å². The van der Waals surface area contributed by atoms with Crippen LogP contribution in [-0.4, -0.2) is 42.1 Å². The molecule has 0 aromatic heterocycles. The minimum atomic E-state index is -0.999. The Morgan fingerprint density at radius 1 is 1.50 bits per heavy atom. The fourth-order valence-corrected chi connectivity index (χ4v) is 2.51. The fourth-order valence-electron chi connectivity index (χ4n) is 1.51. The van der Waals surface area contributed by atoms with Gasteiger partial charge in [0.2, 0.25) is 5.91 Å². The first-order chi connectivity index (χ1) is 8.33. The van der Waals surface area contributed by atoms with E-state index in [0.29, 0.717) is 18.7 Å². The van der Waals surface area contributed by atoms with E-state index in [-0.39, 0.29) is 11.2 Å². The van der Waals surface area contributed by atoms with Crippen molar-refractivity contribution in [3.8, 4) is 0 Å². The quantitative estimate of drug-likeness (QED) is 0.644. The molecular formula is C12H24N2O3S. The molecule has 6 heteroatoms. The van der Waals surface area contributed by atoms with Gasteiger partial charge < -0.3 is 15.8 Å². The maximum atomic E-state index is 11.4. The second-order valence-electron chi connectivity index (χ2n) is 4.58. The van der Waals surface area contributed by atoms with Gasteiger partial charge in [0, 0.05) is 11.8 Å². The lowest BCUT2D eigenvalue weighted by molar-refractivity contribution is -0.146. The number of nitrogens with one attached hydrogen (secondary N) is 1. The lowest BCUT2D eigenvalue weighted by Crippen LogP contribution is -2.47. The van der Waals surface area contributed by atoms with Crippen LogP contribution in [0.15, 0.2) is 0 Å². The predicted octanol–water partition coefficient (Wildman–Crippen LogP) is 0.915. The molecule has 1 amide bonds. The molecule has 0 fully saturated rings. The molecule has 0 heterocycles. The van der Waals surface area contributed by atoms with Crippen molar-refractivity contribution in [3.63, 3.8) is 0 Å². The van der Waals surface area contributed by atoms with Crippen LogP contribution >= 0.6 is 11.8 Å². The van der Waals surface area contributed by atoms with E-state index in [1.807, 2.05) is 13.8 Å². The van der Waals surface area contributed by atoms with E-state index >= 15 is 0 Å². The van der Waals surface area contributed by atoms with Crippen LogP contribution in [0.4, 0.5) is 0 Å². The molecule has 0 radical (unpaired) electrons. The molecule has 2 atom stereocenters. The largest absolute Gasteiger partial charge is 0.468 e. The van der Waals surface area contributed by atoms with Crippen molar-refractivity contribution < 1.29 is 14.3 Å². The molecule has 0 saturated carbocycles. The fraction of sp³-hybridized carbons (Fsp3) is 0.833. The first kappa shape index (κ1) is 17.2. The highest BCUT2D eigenvalue weighted by molar-refractivity contribution is 8.00. The van der Waals surface area contributed by atoms with Gasteiger partial charge in [-0.3, -0.25) is 9.59 Å². The predicted molar refractivity (Wildman–Crippen MR) is 74.4 cm³/mol. The Labute approximate surface area is 113 Å². The number of esters is 1. The molecule has 0 aliphatic carbocycles. The Balaban J connectivity index is 4.00. The minimum Gasteiger partial charge on any atom is -0.468 e. The molecular weight excluding hydrogens is 252 g/mol. The van der Waals surface area contributed by atoms with Crippen LogP contribution in [0.2, 0.25) is 0 Å². The Morgan fingerprint density at radius 3 is 2.61 bits per heavy atom. The van der Waals surface area contributed by atoms with Crippen LogP contribution in [0.5, 0.6) is 0 Å². The van der Waals surface area contributed by atoms with E-state index in [4.69, 9.17) is 5.73 Å². The van der Waals surface area contributed by atoms with Crippen LogP contribution in [0, 0.1) is 0 Å². The molecule has 0 aliphatic heterocycles. The summed E-state index contributed by atoms with van der Waals surface area (Å²) in [5.41, 5.74) is 4.87. The third kappa shape index (κ3) is 6.86. The van der Waals surface area contributed by atoms with Crippen molar-refractivity contribution in [3.05, 3.63) is 0 Å². The lowest BCUT2D eigenvalue weighted by Gasteiger charge is -2.24. The van der Waals surface area contributed by atoms with Crippen molar-refractivity contribution in [1.82, 2.24) is 5.32 Å². The second kappa shape index (κ2) is 8.37. The second-order valence-corrected chi connectivity index (χ2v) is 6.01. The average molecular weight is 276 g/mol. The number of carbonyl (C=O) groups excluding carboxylic acids is 2. The highest BCUT2D eigenvalue weighted by Gasteiger charge is 2.31. The SMILES string of the molecule is CCCNC(=O)CSC(C)CC(C)(N)C(=O)OC. The number of ether oxygens (including phenoxy) is 1. The van der Waals surface area contributed by atoms with Gasteiger partial charge in [-0.25, -0.2) is 0 Å². The summed E-state index contributed by atoms with van der Waals surface area (Å²) >= 11 is 1.49. The van der Waals surface area contributed by atoms with Gasteiger partial charge in [-0.05, 0) is 19.8 Å². The highest BCUT2D eigenvalue weighted by Crippen LogP contribution is 2.21. The van der Waals surface area contributed by atoms with Gasteiger partial charge in [0.1, 0.15) is 5.54 Å². The summed E-state index contributed by atoms with van der Waals surface area (Å²) in [6, 6.07) is 0. The van der Waals surface area contributed by atoms with Crippen molar-refractivity contribution >= 4 is 23.6 Å². The summed E-state index contributed by atoms with van der Waals surface area (Å²) in [6.07, 6.45) is 1.40. The topological polar surface area (TPSA) is 81.4 Å². The number of amides is 1. The van der Waals surface area contributed by atoms with Crippen LogP contribution in [0.3, 0.4) is 0 Å². The number of thioether (sulfide) groups is 1. The maximum Gasteiger partial charge on any atom is 0.325 e. The van der Waals surface area contributed by atoms with Gasteiger partial charge in [-0.1, -0.05) is 13.8 Å². The maximum absolute atomic E-state index is 11.4. The van der Waals surface area contributed by atoms with Crippen molar-refractivity contribution in [2.24, 2.45) is 5.73 Å². The third-order valence-electron chi connectivity index (χ3n) is 2.43. The summed E-state index contributed by atoms with van der Waals surface area (Å²) < 4.78 is 4.64. The first-order valence-electron chi connectivity index (χ1n) is 6.09. The van der Waals surface area contributed by atoms with Gasteiger partial charge in [0.15, 0.2) is 0 Å². The zero-order valence-electron chi connectivity index (χ0n) is 11.6. The molecule has 0 rings (SSSR count). The standard InChI is InChI=1S/C12H24N2O3S/c1-5-6-14-10(15)8-18-9(2)7-12(3,13)11(16)17-4/h9H,5-8,13H2,1-4H3,(H,14,15). The molecule has 0 saturated heterocycles. The van der Waals surface area contributed by atoms with E-state index in [2.05, 4.69) is 10.1 Å². The number of nitrogens with two attached hydrogens (primary N) is 1. The zero-order valence-corrected chi connectivity index (χ0v) is 12.4. The molecule has 18 heavy (non-hydrogen) atoms. The summed E-state index contributed by atoms with van der Waals surface area (Å²) in [5, 5.41) is 2.92. The van der Waals surface area contributed by atoms with E-state index in [1.165, 1.54) is 18.9 Å². The molecule has 5 nitrogen and oxygen atoms in total. The van der Waals surface area contributed by atoms with E-state index in [1.54, 1.807) is 6.92 Å². The Kier molecular flexibility index (Phi) is 8.02. The lowest BCUT2D eigenvalue weighted by atomic mass is 9.98. The summed E-state index contributed by atoms with van der Waals surface area (Å²) in [4.78, 5) is 22.8. The van der Waals surface area contributed by atoms with E-state index < -0.39 is 11.5 Å². The molecule has 0 aliphatic rings. The number of hydrogen-bond donors (Lipinski definition) is 2. The minimum absolute atomic E-state index is 0.0190. The first-order valence-corrected chi connectivity index (χ1v) is 7.14. The van der Waals surface area contributed by atoms with Crippen LogP contribution < -0.4 is 11.1 Å². The summed E-state index contributed by atoms with van der Waals surface area (Å²) in [5.74, 6) is -0.0193. The van der Waals surface area contributed by atoms with Crippen molar-refractivity contribution in [1.29, 1.82) is 0 Å². The number of hydrogen-bond acceptors (Lipinski definition) is 5. The molecule has 0 spiro atoms. The molecule has 3 N–H and O–H groups in total. The number of rotatable bonds is 8. The van der Waals surface area contributed by atoms with Crippen LogP contribution in [0.1, 0.15) is 33.6 Å². The average Bonchev–Trinajstić information content (AvgIpc) is 2.32. The van der Waals surface area contributed by atoms with Gasteiger partial charge in [-0.15, -0.1) is 11.8 Å². The van der Waals surface area contributed by atoms with Crippen molar-refractivity contribution in [2.75, 3.05) is 19.4 Å². The molecule has 0 aromatic carbocycles. The Hall–Kier alpha value is -0.750. The number of methoxy groups -OCH3 is 1. The van der Waals surface area contributed by atoms with Crippen LogP contribution in [-0.2, 0) is 14.3 Å². The van der Waals surface area contributed by atoms with E-state index in [9.17, 15) is 9.59 Å². The van der Waals surface area contributed by atoms with Crippen molar-refractivity contribution in [2.45, 2.75) is 44.4 Å². The third-order valence-corrected chi connectivity index (χ3v) is 3.60. The monoisotopic (exact) mass is 276 g/mol. The number of carbonyl (C=O) groups is 2. The normalized spacial score (nSPS) is 15.6. The van der Waals surface area contributed by atoms with Gasteiger partial charge >= 0.3 is 5.97 Å². The van der Waals surface area contributed by atoms with Gasteiger partial charge in [-0.2, -0.15) is 0 Å². The van der Waals surface area contributed by atoms with Crippen LogP contribution in [0.25, 0.3) is 0 Å². The van der Waals surface area contributed by atoms with E-state index in [0.717, 1.165) is 6.42 Å². The summed E-state index contributed by atoms with van der Waals surface area (Å²) in [7, 11) is 1.32. The highest BCUT2D eigenvalue weighted by atomic mass is 32.2. The smallest absolute Gasteiger partial charge is 0.325 e.